The van der Waals surface area contributed by atoms with Crippen molar-refractivity contribution in [3.05, 3.63) is 58.3 Å². The van der Waals surface area contributed by atoms with Crippen LogP contribution in [0.5, 0.6) is 17.2 Å². The summed E-state index contributed by atoms with van der Waals surface area (Å²) < 4.78 is 16.6. The first kappa shape index (κ1) is 21.7. The van der Waals surface area contributed by atoms with Crippen LogP contribution in [0.4, 0.5) is 5.69 Å². The molecule has 32 heavy (non-hydrogen) atoms. The Morgan fingerprint density at radius 2 is 1.94 bits per heavy atom. The molecule has 2 aromatic rings. The third kappa shape index (κ3) is 3.18. The lowest BCUT2D eigenvalue weighted by Crippen LogP contribution is -2.55. The van der Waals surface area contributed by atoms with Gasteiger partial charge in [0.1, 0.15) is 22.1 Å². The summed E-state index contributed by atoms with van der Waals surface area (Å²) >= 11 is 6.38. The highest BCUT2D eigenvalue weighted by Crippen LogP contribution is 2.53. The number of hydrogen-bond donors (Lipinski definition) is 2. The highest BCUT2D eigenvalue weighted by Gasteiger charge is 2.60. The second kappa shape index (κ2) is 7.87. The first-order valence-electron chi connectivity index (χ1n) is 9.76. The molecule has 0 saturated heterocycles. The molecule has 0 bridgehead atoms. The van der Waals surface area contributed by atoms with E-state index in [0.717, 1.165) is 0 Å². The quantitative estimate of drug-likeness (QED) is 0.649. The molecule has 2 atom stereocenters. The Morgan fingerprint density at radius 3 is 2.56 bits per heavy atom. The molecule has 1 heterocycles. The summed E-state index contributed by atoms with van der Waals surface area (Å²) in [4.78, 5) is 38.0. The minimum Gasteiger partial charge on any atom is -0.496 e. The van der Waals surface area contributed by atoms with Crippen molar-refractivity contribution in [2.24, 2.45) is 5.92 Å². The molecule has 0 aromatic heterocycles. The van der Waals surface area contributed by atoms with Crippen LogP contribution >= 0.6 is 11.6 Å². The van der Waals surface area contributed by atoms with E-state index in [-0.39, 0.29) is 33.4 Å². The van der Waals surface area contributed by atoms with Gasteiger partial charge in [0.2, 0.25) is 17.2 Å². The van der Waals surface area contributed by atoms with Crippen molar-refractivity contribution < 1.29 is 33.7 Å². The number of ketones is 2. The third-order valence-corrected chi connectivity index (χ3v) is 6.08. The topological polar surface area (TPSA) is 111 Å². The zero-order valence-corrected chi connectivity index (χ0v) is 18.3. The number of carbonyl (C=O) groups is 3. The number of allylic oxidation sites excluding steroid dienone is 1. The summed E-state index contributed by atoms with van der Waals surface area (Å²) in [7, 11) is 2.83. The van der Waals surface area contributed by atoms with E-state index in [2.05, 4.69) is 5.32 Å². The molecule has 0 radical (unpaired) electrons. The second-order valence-electron chi connectivity index (χ2n) is 7.62. The highest BCUT2D eigenvalue weighted by molar-refractivity contribution is 6.36. The first-order valence-corrected chi connectivity index (χ1v) is 10.1. The van der Waals surface area contributed by atoms with Crippen LogP contribution in [0.25, 0.3) is 0 Å². The van der Waals surface area contributed by atoms with Gasteiger partial charge in [0.05, 0.1) is 19.8 Å². The summed E-state index contributed by atoms with van der Waals surface area (Å²) in [5, 5.41) is 12.3. The molecule has 4 rings (SSSR count). The predicted molar refractivity (Wildman–Crippen MR) is 116 cm³/mol. The number of ether oxygens (including phenoxy) is 3. The number of nitrogens with one attached hydrogen (secondary N) is 1. The van der Waals surface area contributed by atoms with E-state index in [9.17, 15) is 19.5 Å². The van der Waals surface area contributed by atoms with E-state index in [1.807, 2.05) is 0 Å². The van der Waals surface area contributed by atoms with Gasteiger partial charge in [-0.25, -0.2) is 4.79 Å². The molecule has 8 nitrogen and oxygen atoms in total. The van der Waals surface area contributed by atoms with Crippen LogP contribution in [-0.4, -0.2) is 42.5 Å². The monoisotopic (exact) mass is 457 g/mol. The number of Topliss-reactive ketones (excluding diaryl/α,β-unsaturated/α-hetero) is 1. The van der Waals surface area contributed by atoms with Gasteiger partial charge >= 0.3 is 5.97 Å². The Morgan fingerprint density at radius 1 is 1.22 bits per heavy atom. The first-order chi connectivity index (χ1) is 15.2. The Kier molecular flexibility index (Phi) is 5.34. The average Bonchev–Trinajstić information content (AvgIpc) is 3.08. The fraction of sp³-hybridized carbons (Fsp3) is 0.261. The van der Waals surface area contributed by atoms with E-state index in [0.29, 0.717) is 17.8 Å². The molecule has 1 spiro atoms. The SMILES string of the molecule is COc1cc(OC)c2c(c1Cl)OC1(C(=O)C=C(Nc3cccc(C(=O)O)c3)CC1C)C2=O. The Balaban J connectivity index is 1.70. The van der Waals surface area contributed by atoms with Gasteiger partial charge in [-0.05, 0) is 24.6 Å². The minimum absolute atomic E-state index is 0.0621. The number of carbonyl (C=O) groups excluding carboxylic acids is 2. The smallest absolute Gasteiger partial charge is 0.335 e. The molecule has 0 saturated carbocycles. The van der Waals surface area contributed by atoms with Crippen LogP contribution in [0.1, 0.15) is 34.1 Å². The number of methoxy groups -OCH3 is 2. The van der Waals surface area contributed by atoms with E-state index < -0.39 is 29.1 Å². The standard InChI is InChI=1S/C23H20ClNO7/c1-11-7-14(25-13-6-4-5-12(8-13)22(28)29)9-17(26)23(11)21(27)18-15(30-2)10-16(31-3)19(24)20(18)32-23/h4-6,8-11,25H,7H2,1-3H3,(H,28,29). The molecule has 2 aromatic carbocycles. The van der Waals surface area contributed by atoms with E-state index >= 15 is 0 Å². The number of rotatable bonds is 5. The summed E-state index contributed by atoms with van der Waals surface area (Å²) in [5.74, 6) is -2.12. The van der Waals surface area contributed by atoms with Crippen molar-refractivity contribution >= 4 is 34.8 Å². The van der Waals surface area contributed by atoms with Crippen LogP contribution in [0.3, 0.4) is 0 Å². The van der Waals surface area contributed by atoms with Crippen LogP contribution in [0.15, 0.2) is 42.1 Å². The van der Waals surface area contributed by atoms with Crippen molar-refractivity contribution in [3.8, 4) is 17.2 Å². The number of halogens is 1. The Labute approximate surface area is 188 Å². The molecule has 0 amide bonds. The fourth-order valence-electron chi connectivity index (χ4n) is 4.13. The molecule has 9 heteroatoms. The van der Waals surface area contributed by atoms with Crippen LogP contribution in [0, 0.1) is 5.92 Å². The largest absolute Gasteiger partial charge is 0.496 e. The summed E-state index contributed by atoms with van der Waals surface area (Å²) in [5.41, 5.74) is -0.484. The summed E-state index contributed by atoms with van der Waals surface area (Å²) in [6.45, 7) is 1.74. The predicted octanol–water partition coefficient (Wildman–Crippen LogP) is 3.97. The van der Waals surface area contributed by atoms with Gasteiger partial charge in [-0.2, -0.15) is 0 Å². The lowest BCUT2D eigenvalue weighted by Gasteiger charge is -2.35. The lowest BCUT2D eigenvalue weighted by atomic mass is 9.74. The maximum Gasteiger partial charge on any atom is 0.335 e. The maximum absolute atomic E-state index is 13.5. The maximum atomic E-state index is 13.5. The number of benzene rings is 2. The molecule has 2 N–H and O–H groups in total. The number of carboxylic acid groups (broad SMARTS) is 1. The van der Waals surface area contributed by atoms with Crippen LogP contribution in [-0.2, 0) is 4.79 Å². The minimum atomic E-state index is -1.76. The third-order valence-electron chi connectivity index (χ3n) is 5.72. The molecular weight excluding hydrogens is 438 g/mol. The number of fused-ring (bicyclic) bond motifs is 1. The molecular formula is C23H20ClNO7. The van der Waals surface area contributed by atoms with Gasteiger partial charge in [0.25, 0.3) is 0 Å². The normalized spacial score (nSPS) is 21.6. The van der Waals surface area contributed by atoms with Crippen molar-refractivity contribution in [1.82, 2.24) is 0 Å². The summed E-state index contributed by atoms with van der Waals surface area (Å²) in [6, 6.07) is 7.71. The van der Waals surface area contributed by atoms with E-state index in [1.54, 1.807) is 19.1 Å². The number of anilines is 1. The summed E-state index contributed by atoms with van der Waals surface area (Å²) in [6.07, 6.45) is 1.62. The highest BCUT2D eigenvalue weighted by atomic mass is 35.5. The van der Waals surface area contributed by atoms with E-state index in [1.165, 1.54) is 38.5 Å². The van der Waals surface area contributed by atoms with Crippen LogP contribution in [0.2, 0.25) is 5.02 Å². The fourth-order valence-corrected chi connectivity index (χ4v) is 4.40. The van der Waals surface area contributed by atoms with Gasteiger partial charge in [-0.3, -0.25) is 9.59 Å². The number of aromatic carboxylic acids is 1. The van der Waals surface area contributed by atoms with Gasteiger partial charge in [-0.15, -0.1) is 0 Å². The molecule has 0 fully saturated rings. The molecule has 2 unspecified atom stereocenters. The second-order valence-corrected chi connectivity index (χ2v) is 7.99. The van der Waals surface area contributed by atoms with E-state index in [4.69, 9.17) is 25.8 Å². The zero-order valence-electron chi connectivity index (χ0n) is 17.5. The van der Waals surface area contributed by atoms with Crippen molar-refractivity contribution in [2.75, 3.05) is 19.5 Å². The molecule has 2 aliphatic rings. The van der Waals surface area contributed by atoms with Crippen molar-refractivity contribution in [1.29, 1.82) is 0 Å². The number of carboxylic acids is 1. The number of hydrogen-bond acceptors (Lipinski definition) is 7. The van der Waals surface area contributed by atoms with Gasteiger partial charge < -0.3 is 24.6 Å². The lowest BCUT2D eigenvalue weighted by molar-refractivity contribution is -0.129. The van der Waals surface area contributed by atoms with Crippen LogP contribution < -0.4 is 19.5 Å². The molecule has 166 valence electrons. The van der Waals surface area contributed by atoms with Gasteiger partial charge in [0.15, 0.2) is 5.75 Å². The van der Waals surface area contributed by atoms with Crippen molar-refractivity contribution in [2.45, 2.75) is 18.9 Å². The Hall–Kier alpha value is -3.52. The van der Waals surface area contributed by atoms with Gasteiger partial charge in [-0.1, -0.05) is 24.6 Å². The average molecular weight is 458 g/mol. The Bertz CT molecular complexity index is 1190. The van der Waals surface area contributed by atoms with Crippen molar-refractivity contribution in [3.63, 3.8) is 0 Å². The molecule has 1 aliphatic carbocycles. The molecule has 1 aliphatic heterocycles. The zero-order chi connectivity index (χ0) is 23.2. The van der Waals surface area contributed by atoms with Gasteiger partial charge in [0, 0.05) is 29.4 Å².